The molecule has 8 heteroatoms. The van der Waals surface area contributed by atoms with Gasteiger partial charge in [-0.05, 0) is 31.5 Å². The maximum Gasteiger partial charge on any atom is 0.251 e. The molecule has 2 N–H and O–H groups in total. The van der Waals surface area contributed by atoms with Gasteiger partial charge in [-0.3, -0.25) is 9.59 Å². The number of benzene rings is 2. The van der Waals surface area contributed by atoms with Gasteiger partial charge in [0, 0.05) is 12.6 Å². The van der Waals surface area contributed by atoms with Gasteiger partial charge in [0.25, 0.3) is 5.91 Å². The molecular weight excluding hydrogens is 398 g/mol. The van der Waals surface area contributed by atoms with Crippen molar-refractivity contribution >= 4 is 23.6 Å². The molecule has 30 heavy (non-hydrogen) atoms. The molecule has 7 nitrogen and oxygen atoms in total. The van der Waals surface area contributed by atoms with Gasteiger partial charge in [-0.1, -0.05) is 60.3 Å². The quantitative estimate of drug-likeness (QED) is 0.543. The van der Waals surface area contributed by atoms with Crippen molar-refractivity contribution in [3.8, 4) is 0 Å². The molecule has 1 aromatic heterocycles. The lowest BCUT2D eigenvalue weighted by atomic mass is 10.1. The van der Waals surface area contributed by atoms with Gasteiger partial charge in [0.05, 0.1) is 17.8 Å². The molecule has 2 aromatic carbocycles. The van der Waals surface area contributed by atoms with Gasteiger partial charge in [0.2, 0.25) is 5.91 Å². The smallest absolute Gasteiger partial charge is 0.251 e. The summed E-state index contributed by atoms with van der Waals surface area (Å²) in [5, 5.41) is 14.9. The van der Waals surface area contributed by atoms with E-state index in [4.69, 9.17) is 0 Å². The minimum Gasteiger partial charge on any atom is -0.349 e. The Bertz CT molecular complexity index is 991. The predicted molar refractivity (Wildman–Crippen MR) is 117 cm³/mol. The fourth-order valence-corrected chi connectivity index (χ4v) is 3.73. The fourth-order valence-electron chi connectivity index (χ4n) is 3.00. The summed E-state index contributed by atoms with van der Waals surface area (Å²) in [6.07, 6.45) is 0. The van der Waals surface area contributed by atoms with Gasteiger partial charge in [0.15, 0.2) is 11.0 Å². The van der Waals surface area contributed by atoms with Crippen LogP contribution in [0, 0.1) is 0 Å². The lowest BCUT2D eigenvalue weighted by molar-refractivity contribution is -0.119. The van der Waals surface area contributed by atoms with E-state index in [1.54, 1.807) is 16.7 Å². The van der Waals surface area contributed by atoms with Gasteiger partial charge in [-0.2, -0.15) is 0 Å². The largest absolute Gasteiger partial charge is 0.349 e. The number of thioether (sulfide) groups is 1. The zero-order valence-electron chi connectivity index (χ0n) is 17.2. The van der Waals surface area contributed by atoms with Crippen LogP contribution < -0.4 is 10.6 Å². The van der Waals surface area contributed by atoms with E-state index in [-0.39, 0.29) is 29.7 Å². The van der Waals surface area contributed by atoms with Crippen LogP contribution in [0.15, 0.2) is 65.8 Å². The van der Waals surface area contributed by atoms with E-state index >= 15 is 0 Å². The summed E-state index contributed by atoms with van der Waals surface area (Å²) in [4.78, 5) is 24.7. The third kappa shape index (κ3) is 5.48. The van der Waals surface area contributed by atoms with Crippen molar-refractivity contribution in [3.05, 3.63) is 77.6 Å². The molecule has 0 saturated carbocycles. The molecular formula is C22H25N5O2S. The van der Waals surface area contributed by atoms with Crippen LogP contribution in [0.3, 0.4) is 0 Å². The maximum absolute atomic E-state index is 12.4. The Morgan fingerprint density at radius 3 is 2.23 bits per heavy atom. The summed E-state index contributed by atoms with van der Waals surface area (Å²) < 4.78 is 1.80. The first-order valence-corrected chi connectivity index (χ1v) is 10.7. The molecule has 3 rings (SSSR count). The number of hydrogen-bond donors (Lipinski definition) is 2. The van der Waals surface area contributed by atoms with Gasteiger partial charge in [-0.25, -0.2) is 0 Å². The van der Waals surface area contributed by atoms with Crippen LogP contribution in [0.2, 0.25) is 0 Å². The number of amides is 2. The second-order valence-electron chi connectivity index (χ2n) is 6.95. The lowest BCUT2D eigenvalue weighted by Gasteiger charge is -2.14. The average molecular weight is 424 g/mol. The fraction of sp³-hybridized carbons (Fsp3) is 0.273. The van der Waals surface area contributed by atoms with Crippen LogP contribution in [0.4, 0.5) is 0 Å². The highest BCUT2D eigenvalue weighted by Gasteiger charge is 2.19. The Hall–Kier alpha value is -3.13. The van der Waals surface area contributed by atoms with E-state index in [9.17, 15) is 9.59 Å². The molecule has 0 radical (unpaired) electrons. The molecule has 0 bridgehead atoms. The standard InChI is InChI=1S/C22H25N5O2S/c1-15(17-10-6-4-7-11-17)23-19(28)14-30-22-26-25-20(27(22)3)16(2)24-21(29)18-12-8-5-9-13-18/h4-13,15-16H,14H2,1-3H3,(H,23,28)(H,24,29)/t15-,16+/m1/s1. The first kappa shape index (κ1) is 21.6. The topological polar surface area (TPSA) is 88.9 Å². The van der Waals surface area contributed by atoms with Crippen molar-refractivity contribution < 1.29 is 9.59 Å². The number of aromatic nitrogens is 3. The average Bonchev–Trinajstić information content (AvgIpc) is 3.14. The minimum atomic E-state index is -0.323. The SMILES string of the molecule is C[C@H](NC(=O)c1ccccc1)c1nnc(SCC(=O)N[C@H](C)c2ccccc2)n1C. The Labute approximate surface area is 180 Å². The molecule has 0 aliphatic heterocycles. The second kappa shape index (κ2) is 10.1. The summed E-state index contributed by atoms with van der Waals surface area (Å²) in [5.74, 6) is 0.606. The van der Waals surface area contributed by atoms with Gasteiger partial charge in [0.1, 0.15) is 0 Å². The van der Waals surface area contributed by atoms with Crippen molar-refractivity contribution in [1.82, 2.24) is 25.4 Å². The number of rotatable bonds is 8. The Kier molecular flexibility index (Phi) is 7.24. The molecule has 0 unspecified atom stereocenters. The highest BCUT2D eigenvalue weighted by Crippen LogP contribution is 2.20. The molecule has 0 fully saturated rings. The Morgan fingerprint density at radius 1 is 0.933 bits per heavy atom. The molecule has 0 spiro atoms. The van der Waals surface area contributed by atoms with E-state index < -0.39 is 0 Å². The number of hydrogen-bond acceptors (Lipinski definition) is 5. The highest BCUT2D eigenvalue weighted by atomic mass is 32.2. The van der Waals surface area contributed by atoms with Crippen molar-refractivity contribution in [2.45, 2.75) is 31.1 Å². The number of nitrogens with zero attached hydrogens (tertiary/aromatic N) is 3. The summed E-state index contributed by atoms with van der Waals surface area (Å²) in [6.45, 7) is 3.81. The van der Waals surface area contributed by atoms with Gasteiger partial charge < -0.3 is 15.2 Å². The van der Waals surface area contributed by atoms with Crippen LogP contribution in [-0.4, -0.2) is 32.3 Å². The van der Waals surface area contributed by atoms with Crippen molar-refractivity contribution in [1.29, 1.82) is 0 Å². The summed E-state index contributed by atoms with van der Waals surface area (Å²) in [5.41, 5.74) is 1.64. The Morgan fingerprint density at radius 2 is 1.57 bits per heavy atom. The maximum atomic E-state index is 12.4. The zero-order chi connectivity index (χ0) is 21.5. The first-order chi connectivity index (χ1) is 14.5. The van der Waals surface area contributed by atoms with E-state index in [1.807, 2.05) is 69.4 Å². The number of carbonyl (C=O) groups is 2. The molecule has 3 aromatic rings. The summed E-state index contributed by atoms with van der Waals surface area (Å²) >= 11 is 1.31. The lowest BCUT2D eigenvalue weighted by Crippen LogP contribution is -2.28. The molecule has 0 aliphatic rings. The van der Waals surface area contributed by atoms with Crippen molar-refractivity contribution in [2.24, 2.45) is 7.05 Å². The third-order valence-corrected chi connectivity index (χ3v) is 5.67. The van der Waals surface area contributed by atoms with Crippen LogP contribution in [0.25, 0.3) is 0 Å². The molecule has 2 amide bonds. The van der Waals surface area contributed by atoms with E-state index in [0.29, 0.717) is 16.5 Å². The van der Waals surface area contributed by atoms with Crippen LogP contribution in [0.5, 0.6) is 0 Å². The second-order valence-corrected chi connectivity index (χ2v) is 7.89. The number of nitrogens with one attached hydrogen (secondary N) is 2. The van der Waals surface area contributed by atoms with Crippen LogP contribution >= 0.6 is 11.8 Å². The first-order valence-electron chi connectivity index (χ1n) is 9.68. The van der Waals surface area contributed by atoms with Crippen molar-refractivity contribution in [3.63, 3.8) is 0 Å². The van der Waals surface area contributed by atoms with Crippen LogP contribution in [0.1, 0.15) is 47.7 Å². The van der Waals surface area contributed by atoms with E-state index in [2.05, 4.69) is 20.8 Å². The van der Waals surface area contributed by atoms with Gasteiger partial charge in [-0.15, -0.1) is 10.2 Å². The molecule has 2 atom stereocenters. The molecule has 0 saturated heterocycles. The van der Waals surface area contributed by atoms with E-state index in [1.165, 1.54) is 11.8 Å². The number of carbonyl (C=O) groups excluding carboxylic acids is 2. The normalized spacial score (nSPS) is 12.8. The summed E-state index contributed by atoms with van der Waals surface area (Å²) in [6, 6.07) is 18.4. The van der Waals surface area contributed by atoms with E-state index in [0.717, 1.165) is 5.56 Å². The molecule has 0 aliphatic carbocycles. The summed E-state index contributed by atoms with van der Waals surface area (Å²) in [7, 11) is 1.83. The zero-order valence-corrected chi connectivity index (χ0v) is 18.0. The molecule has 1 heterocycles. The third-order valence-electron chi connectivity index (χ3n) is 4.65. The Balaban J connectivity index is 1.54. The monoisotopic (exact) mass is 423 g/mol. The predicted octanol–water partition coefficient (Wildman–Crippen LogP) is 3.28. The minimum absolute atomic E-state index is 0.0671. The van der Waals surface area contributed by atoms with Crippen molar-refractivity contribution in [2.75, 3.05) is 5.75 Å². The van der Waals surface area contributed by atoms with Crippen LogP contribution in [-0.2, 0) is 11.8 Å². The van der Waals surface area contributed by atoms with Gasteiger partial charge >= 0.3 is 0 Å². The molecule has 156 valence electrons. The highest BCUT2D eigenvalue weighted by molar-refractivity contribution is 7.99.